The fourth-order valence-electron chi connectivity index (χ4n) is 4.51. The van der Waals surface area contributed by atoms with Gasteiger partial charge in [-0.05, 0) is 82.6 Å². The van der Waals surface area contributed by atoms with Gasteiger partial charge in [0.1, 0.15) is 11.5 Å². The standard InChI is InChI=1S/C29H27NO4S/c1-19(2)20-7-11-26(12-8-20)34-27-13-9-23-15-25(16-24(23)17-27)29(31)30-35(32,33)28-14-10-21-5-3-4-6-22(21)18-28/h3-14,17-19,25H,15-16H2,1-2H3,(H,30,31). The van der Waals surface area contributed by atoms with Crippen molar-refractivity contribution in [2.24, 2.45) is 5.92 Å². The van der Waals surface area contributed by atoms with E-state index in [-0.39, 0.29) is 4.90 Å². The zero-order valence-corrected chi connectivity index (χ0v) is 20.5. The zero-order valence-electron chi connectivity index (χ0n) is 19.7. The summed E-state index contributed by atoms with van der Waals surface area (Å²) in [6.45, 7) is 4.30. The Balaban J connectivity index is 1.26. The topological polar surface area (TPSA) is 72.5 Å². The van der Waals surface area contributed by atoms with Crippen LogP contribution in [0, 0.1) is 5.92 Å². The van der Waals surface area contributed by atoms with Crippen LogP contribution in [-0.2, 0) is 27.7 Å². The first-order valence-corrected chi connectivity index (χ1v) is 13.2. The van der Waals surface area contributed by atoms with Gasteiger partial charge in [-0.1, -0.05) is 62.4 Å². The van der Waals surface area contributed by atoms with Crippen LogP contribution in [0.2, 0.25) is 0 Å². The Bertz CT molecular complexity index is 1510. The van der Waals surface area contributed by atoms with Crippen LogP contribution < -0.4 is 9.46 Å². The van der Waals surface area contributed by atoms with Crippen molar-refractivity contribution in [3.63, 3.8) is 0 Å². The summed E-state index contributed by atoms with van der Waals surface area (Å²) in [5.74, 6) is 0.980. The number of benzene rings is 4. The lowest BCUT2D eigenvalue weighted by Gasteiger charge is -2.12. The summed E-state index contributed by atoms with van der Waals surface area (Å²) in [5.41, 5.74) is 3.29. The number of rotatable bonds is 6. The Labute approximate surface area is 205 Å². The van der Waals surface area contributed by atoms with Gasteiger partial charge in [0.25, 0.3) is 10.0 Å². The van der Waals surface area contributed by atoms with Gasteiger partial charge in [-0.2, -0.15) is 0 Å². The predicted molar refractivity (Wildman–Crippen MR) is 137 cm³/mol. The monoisotopic (exact) mass is 485 g/mol. The average molecular weight is 486 g/mol. The number of hydrogen-bond acceptors (Lipinski definition) is 4. The maximum Gasteiger partial charge on any atom is 0.264 e. The summed E-state index contributed by atoms with van der Waals surface area (Å²) in [4.78, 5) is 13.0. The van der Waals surface area contributed by atoms with Crippen LogP contribution in [0.3, 0.4) is 0 Å². The summed E-state index contributed by atoms with van der Waals surface area (Å²) in [5, 5.41) is 1.75. The summed E-state index contributed by atoms with van der Waals surface area (Å²) in [7, 11) is -3.96. The molecule has 0 aliphatic heterocycles. The molecular formula is C29H27NO4S. The Hall–Kier alpha value is -3.64. The van der Waals surface area contributed by atoms with Gasteiger partial charge in [-0.25, -0.2) is 13.1 Å². The highest BCUT2D eigenvalue weighted by molar-refractivity contribution is 7.90. The normalized spacial score (nSPS) is 15.2. The third-order valence-corrected chi connectivity index (χ3v) is 7.87. The fraction of sp³-hybridized carbons (Fsp3) is 0.207. The number of carbonyl (C=O) groups is 1. The molecule has 1 atom stereocenters. The fourth-order valence-corrected chi connectivity index (χ4v) is 5.59. The number of nitrogens with one attached hydrogen (secondary N) is 1. The van der Waals surface area contributed by atoms with E-state index in [2.05, 4.69) is 30.7 Å². The van der Waals surface area contributed by atoms with E-state index >= 15 is 0 Å². The quantitative estimate of drug-likeness (QED) is 0.365. The van der Waals surface area contributed by atoms with E-state index in [1.165, 1.54) is 11.6 Å². The van der Waals surface area contributed by atoms with Crippen LogP contribution in [0.4, 0.5) is 0 Å². The second-order valence-corrected chi connectivity index (χ2v) is 11.0. The minimum Gasteiger partial charge on any atom is -0.457 e. The van der Waals surface area contributed by atoms with Crippen molar-refractivity contribution in [3.8, 4) is 11.5 Å². The van der Waals surface area contributed by atoms with Crippen molar-refractivity contribution in [3.05, 3.63) is 102 Å². The number of amides is 1. The maximum atomic E-state index is 12.9. The number of fused-ring (bicyclic) bond motifs is 2. The molecule has 1 aliphatic carbocycles. The summed E-state index contributed by atoms with van der Waals surface area (Å²) >= 11 is 0. The minimum absolute atomic E-state index is 0.0826. The highest BCUT2D eigenvalue weighted by Crippen LogP contribution is 2.32. The molecule has 1 aliphatic rings. The van der Waals surface area contributed by atoms with E-state index in [0.29, 0.717) is 24.5 Å². The predicted octanol–water partition coefficient (Wildman–Crippen LogP) is 5.98. The molecule has 0 saturated carbocycles. The number of sulfonamides is 1. The van der Waals surface area contributed by atoms with Crippen molar-refractivity contribution in [1.82, 2.24) is 4.72 Å². The summed E-state index contributed by atoms with van der Waals surface area (Å²) < 4.78 is 34.1. The molecule has 35 heavy (non-hydrogen) atoms. The third kappa shape index (κ3) is 4.93. The Morgan fingerprint density at radius 1 is 0.829 bits per heavy atom. The Morgan fingerprint density at radius 3 is 2.26 bits per heavy atom. The molecule has 0 spiro atoms. The van der Waals surface area contributed by atoms with Gasteiger partial charge in [-0.3, -0.25) is 4.79 Å². The van der Waals surface area contributed by atoms with E-state index in [9.17, 15) is 13.2 Å². The number of hydrogen-bond donors (Lipinski definition) is 1. The third-order valence-electron chi connectivity index (χ3n) is 6.53. The molecule has 1 unspecified atom stereocenters. The van der Waals surface area contributed by atoms with Crippen LogP contribution in [-0.4, -0.2) is 14.3 Å². The first-order valence-electron chi connectivity index (χ1n) is 11.7. The Kier molecular flexibility index (Phi) is 6.07. The van der Waals surface area contributed by atoms with Crippen LogP contribution in [0.15, 0.2) is 89.8 Å². The lowest BCUT2D eigenvalue weighted by atomic mass is 10.0. The molecule has 5 rings (SSSR count). The van der Waals surface area contributed by atoms with Crippen LogP contribution >= 0.6 is 0 Å². The van der Waals surface area contributed by atoms with Crippen molar-refractivity contribution in [2.45, 2.75) is 37.5 Å². The molecule has 4 aromatic rings. The van der Waals surface area contributed by atoms with Crippen molar-refractivity contribution >= 4 is 26.7 Å². The molecule has 5 nitrogen and oxygen atoms in total. The smallest absolute Gasteiger partial charge is 0.264 e. The van der Waals surface area contributed by atoms with Crippen LogP contribution in [0.1, 0.15) is 36.5 Å². The summed E-state index contributed by atoms with van der Waals surface area (Å²) in [6, 6.07) is 26.2. The molecule has 0 bridgehead atoms. The second kappa shape index (κ2) is 9.19. The SMILES string of the molecule is CC(C)c1ccc(Oc2ccc3c(c2)CC(C(=O)NS(=O)(=O)c2ccc4ccccc4c2)C3)cc1. The molecule has 0 saturated heterocycles. The largest absolute Gasteiger partial charge is 0.457 e. The number of carbonyl (C=O) groups excluding carboxylic acids is 1. The van der Waals surface area contributed by atoms with E-state index in [4.69, 9.17) is 4.74 Å². The first kappa shape index (κ1) is 23.1. The summed E-state index contributed by atoms with van der Waals surface area (Å²) in [6.07, 6.45) is 0.968. The van der Waals surface area contributed by atoms with Gasteiger partial charge in [-0.15, -0.1) is 0 Å². The molecule has 4 aromatic carbocycles. The molecular weight excluding hydrogens is 458 g/mol. The van der Waals surface area contributed by atoms with Crippen molar-refractivity contribution < 1.29 is 17.9 Å². The minimum atomic E-state index is -3.96. The van der Waals surface area contributed by atoms with Gasteiger partial charge in [0.05, 0.1) is 4.90 Å². The van der Waals surface area contributed by atoms with Crippen LogP contribution in [0.25, 0.3) is 10.8 Å². The second-order valence-electron chi connectivity index (χ2n) is 9.34. The van der Waals surface area contributed by atoms with Gasteiger partial charge in [0, 0.05) is 5.92 Å². The molecule has 1 N–H and O–H groups in total. The van der Waals surface area contributed by atoms with Gasteiger partial charge in [0.2, 0.25) is 5.91 Å². The molecule has 0 fully saturated rings. The van der Waals surface area contributed by atoms with Crippen molar-refractivity contribution in [1.29, 1.82) is 0 Å². The molecule has 1 amide bonds. The van der Waals surface area contributed by atoms with E-state index in [0.717, 1.165) is 27.6 Å². The van der Waals surface area contributed by atoms with E-state index in [1.807, 2.05) is 54.6 Å². The molecule has 0 aromatic heterocycles. The molecule has 178 valence electrons. The van der Waals surface area contributed by atoms with Crippen molar-refractivity contribution in [2.75, 3.05) is 0 Å². The lowest BCUT2D eigenvalue weighted by Crippen LogP contribution is -2.36. The highest BCUT2D eigenvalue weighted by atomic mass is 32.2. The zero-order chi connectivity index (χ0) is 24.6. The van der Waals surface area contributed by atoms with Gasteiger partial charge >= 0.3 is 0 Å². The molecule has 0 radical (unpaired) electrons. The van der Waals surface area contributed by atoms with Gasteiger partial charge < -0.3 is 4.74 Å². The maximum absolute atomic E-state index is 12.9. The number of ether oxygens (including phenoxy) is 1. The lowest BCUT2D eigenvalue weighted by molar-refractivity contribution is -0.122. The highest BCUT2D eigenvalue weighted by Gasteiger charge is 2.30. The molecule has 6 heteroatoms. The van der Waals surface area contributed by atoms with E-state index in [1.54, 1.807) is 12.1 Å². The Morgan fingerprint density at radius 2 is 1.51 bits per heavy atom. The first-order chi connectivity index (χ1) is 16.8. The van der Waals surface area contributed by atoms with Crippen LogP contribution in [0.5, 0.6) is 11.5 Å². The van der Waals surface area contributed by atoms with Gasteiger partial charge in [0.15, 0.2) is 0 Å². The average Bonchev–Trinajstić information content (AvgIpc) is 3.27. The molecule has 0 heterocycles. The van der Waals surface area contributed by atoms with E-state index < -0.39 is 21.8 Å².